The first-order chi connectivity index (χ1) is 8.58. The van der Waals surface area contributed by atoms with Gasteiger partial charge in [0.15, 0.2) is 0 Å². The Labute approximate surface area is 110 Å². The minimum atomic E-state index is -0.262. The molecule has 1 atom stereocenters. The van der Waals surface area contributed by atoms with Crippen molar-refractivity contribution >= 4 is 17.5 Å². The highest BCUT2D eigenvalue weighted by Crippen LogP contribution is 2.17. The summed E-state index contributed by atoms with van der Waals surface area (Å²) in [5.41, 5.74) is 0.943. The van der Waals surface area contributed by atoms with Crippen molar-refractivity contribution in [3.8, 4) is 0 Å². The molecule has 1 aromatic heterocycles. The van der Waals surface area contributed by atoms with E-state index in [9.17, 15) is 4.79 Å². The topological polar surface area (TPSA) is 59.8 Å². The lowest BCUT2D eigenvalue weighted by atomic mass is 10.1. The van der Waals surface area contributed by atoms with Crippen molar-refractivity contribution in [1.29, 1.82) is 0 Å². The monoisotopic (exact) mass is 264 g/mol. The summed E-state index contributed by atoms with van der Waals surface area (Å²) in [6, 6.07) is 7.23. The van der Waals surface area contributed by atoms with Crippen molar-refractivity contribution < 1.29 is 4.79 Å². The van der Waals surface area contributed by atoms with Crippen LogP contribution in [-0.4, -0.2) is 20.7 Å². The van der Waals surface area contributed by atoms with E-state index >= 15 is 0 Å². The fraction of sp³-hybridized carbons (Fsp3) is 0.250. The van der Waals surface area contributed by atoms with Gasteiger partial charge in [-0.25, -0.2) is 9.67 Å². The van der Waals surface area contributed by atoms with E-state index in [0.717, 1.165) is 5.56 Å². The number of halogens is 1. The van der Waals surface area contributed by atoms with Gasteiger partial charge in [0.05, 0.1) is 6.04 Å². The molecule has 0 bridgehead atoms. The Hall–Kier alpha value is -1.88. The first-order valence-electron chi connectivity index (χ1n) is 5.48. The molecule has 18 heavy (non-hydrogen) atoms. The number of aryl methyl sites for hydroxylation is 1. The normalized spacial score (nSPS) is 12.2. The zero-order valence-electron chi connectivity index (χ0n) is 10.1. The van der Waals surface area contributed by atoms with Crippen LogP contribution >= 0.6 is 11.6 Å². The number of carbonyl (C=O) groups excluding carboxylic acids is 1. The number of aromatic nitrogens is 3. The fourth-order valence-electron chi connectivity index (χ4n) is 1.62. The summed E-state index contributed by atoms with van der Waals surface area (Å²) in [6.07, 6.45) is 1.35. The largest absolute Gasteiger partial charge is 0.343 e. The molecule has 0 saturated heterocycles. The number of hydrogen-bond acceptors (Lipinski definition) is 3. The molecule has 1 heterocycles. The molecular weight excluding hydrogens is 252 g/mol. The lowest BCUT2D eigenvalue weighted by Gasteiger charge is -2.14. The van der Waals surface area contributed by atoms with Crippen LogP contribution in [0.2, 0.25) is 5.02 Å². The van der Waals surface area contributed by atoms with Crippen LogP contribution in [0, 0.1) is 0 Å². The van der Waals surface area contributed by atoms with Crippen LogP contribution in [0.3, 0.4) is 0 Å². The van der Waals surface area contributed by atoms with Crippen LogP contribution < -0.4 is 5.32 Å². The summed E-state index contributed by atoms with van der Waals surface area (Å²) in [7, 11) is 1.67. The van der Waals surface area contributed by atoms with Gasteiger partial charge in [-0.15, -0.1) is 0 Å². The van der Waals surface area contributed by atoms with Gasteiger partial charge in [0.25, 0.3) is 5.91 Å². The smallest absolute Gasteiger partial charge is 0.289 e. The van der Waals surface area contributed by atoms with Crippen LogP contribution in [-0.2, 0) is 7.05 Å². The molecule has 0 unspecified atom stereocenters. The second kappa shape index (κ2) is 5.18. The Morgan fingerprint density at radius 1 is 1.50 bits per heavy atom. The molecule has 1 amide bonds. The molecule has 0 spiro atoms. The van der Waals surface area contributed by atoms with Crippen molar-refractivity contribution in [1.82, 2.24) is 20.1 Å². The Balaban J connectivity index is 2.10. The molecular formula is C12H13ClN4O. The van der Waals surface area contributed by atoms with Gasteiger partial charge in [0, 0.05) is 12.1 Å². The average Bonchev–Trinajstić information content (AvgIpc) is 2.75. The van der Waals surface area contributed by atoms with E-state index in [-0.39, 0.29) is 17.8 Å². The summed E-state index contributed by atoms with van der Waals surface area (Å²) < 4.78 is 1.43. The number of rotatable bonds is 3. The Bertz CT molecular complexity index is 567. The Morgan fingerprint density at radius 3 is 2.89 bits per heavy atom. The van der Waals surface area contributed by atoms with Crippen LogP contribution in [0.4, 0.5) is 0 Å². The van der Waals surface area contributed by atoms with E-state index in [1.54, 1.807) is 13.1 Å². The second-order valence-electron chi connectivity index (χ2n) is 3.96. The minimum Gasteiger partial charge on any atom is -0.343 e. The molecule has 0 fully saturated rings. The molecule has 0 radical (unpaired) electrons. The zero-order valence-corrected chi connectivity index (χ0v) is 10.8. The Morgan fingerprint density at radius 2 is 2.28 bits per heavy atom. The molecule has 94 valence electrons. The van der Waals surface area contributed by atoms with E-state index in [4.69, 9.17) is 11.6 Å². The summed E-state index contributed by atoms with van der Waals surface area (Å²) in [6.45, 7) is 1.89. The van der Waals surface area contributed by atoms with Crippen molar-refractivity contribution in [2.24, 2.45) is 7.05 Å². The zero-order chi connectivity index (χ0) is 13.1. The third-order valence-corrected chi connectivity index (χ3v) is 2.85. The molecule has 1 N–H and O–H groups in total. The maximum absolute atomic E-state index is 11.9. The third kappa shape index (κ3) is 2.68. The van der Waals surface area contributed by atoms with Crippen LogP contribution in [0.25, 0.3) is 0 Å². The van der Waals surface area contributed by atoms with Gasteiger partial charge in [-0.1, -0.05) is 23.7 Å². The minimum absolute atomic E-state index is 0.145. The lowest BCUT2D eigenvalue weighted by molar-refractivity contribution is 0.0925. The van der Waals surface area contributed by atoms with Gasteiger partial charge in [-0.3, -0.25) is 4.79 Å². The summed E-state index contributed by atoms with van der Waals surface area (Å²) >= 11 is 5.91. The SMILES string of the molecule is C[C@@H](NC(=O)c1ncnn1C)c1cccc(Cl)c1. The van der Waals surface area contributed by atoms with E-state index in [1.165, 1.54) is 11.0 Å². The van der Waals surface area contributed by atoms with E-state index in [2.05, 4.69) is 15.4 Å². The lowest BCUT2D eigenvalue weighted by Crippen LogP contribution is -2.29. The molecule has 2 aromatic rings. The van der Waals surface area contributed by atoms with E-state index < -0.39 is 0 Å². The molecule has 2 rings (SSSR count). The van der Waals surface area contributed by atoms with E-state index in [1.807, 2.05) is 25.1 Å². The first-order valence-corrected chi connectivity index (χ1v) is 5.86. The van der Waals surface area contributed by atoms with Crippen LogP contribution in [0.5, 0.6) is 0 Å². The molecule has 1 aromatic carbocycles. The fourth-order valence-corrected chi connectivity index (χ4v) is 1.82. The maximum Gasteiger partial charge on any atom is 0.289 e. The molecule has 5 nitrogen and oxygen atoms in total. The van der Waals surface area contributed by atoms with Gasteiger partial charge in [0.1, 0.15) is 6.33 Å². The number of benzene rings is 1. The molecule has 6 heteroatoms. The predicted molar refractivity (Wildman–Crippen MR) is 68.3 cm³/mol. The highest BCUT2D eigenvalue weighted by Gasteiger charge is 2.15. The van der Waals surface area contributed by atoms with Gasteiger partial charge < -0.3 is 5.32 Å². The summed E-state index contributed by atoms with van der Waals surface area (Å²) in [5, 5.41) is 7.35. The first kappa shape index (κ1) is 12.6. The molecule has 0 aliphatic carbocycles. The summed E-state index contributed by atoms with van der Waals surface area (Å²) in [4.78, 5) is 15.8. The van der Waals surface area contributed by atoms with Crippen LogP contribution in [0.15, 0.2) is 30.6 Å². The highest BCUT2D eigenvalue weighted by molar-refractivity contribution is 6.30. The second-order valence-corrected chi connectivity index (χ2v) is 4.39. The van der Waals surface area contributed by atoms with Crippen LogP contribution in [0.1, 0.15) is 29.1 Å². The van der Waals surface area contributed by atoms with E-state index in [0.29, 0.717) is 5.02 Å². The number of nitrogens with one attached hydrogen (secondary N) is 1. The number of hydrogen-bond donors (Lipinski definition) is 1. The average molecular weight is 265 g/mol. The molecule has 0 saturated carbocycles. The van der Waals surface area contributed by atoms with Gasteiger partial charge in [-0.2, -0.15) is 5.10 Å². The number of nitrogens with zero attached hydrogens (tertiary/aromatic N) is 3. The highest BCUT2D eigenvalue weighted by atomic mass is 35.5. The van der Waals surface area contributed by atoms with Crippen molar-refractivity contribution in [2.75, 3.05) is 0 Å². The number of carbonyl (C=O) groups is 1. The maximum atomic E-state index is 11.9. The number of amides is 1. The molecule has 0 aliphatic heterocycles. The third-order valence-electron chi connectivity index (χ3n) is 2.61. The van der Waals surface area contributed by atoms with Gasteiger partial charge in [-0.05, 0) is 24.6 Å². The van der Waals surface area contributed by atoms with Crippen molar-refractivity contribution in [3.63, 3.8) is 0 Å². The quantitative estimate of drug-likeness (QED) is 0.922. The predicted octanol–water partition coefficient (Wildman–Crippen LogP) is 1.96. The van der Waals surface area contributed by atoms with Gasteiger partial charge >= 0.3 is 0 Å². The molecule has 0 aliphatic rings. The standard InChI is InChI=1S/C12H13ClN4O/c1-8(9-4-3-5-10(13)6-9)16-12(18)11-14-7-15-17(11)2/h3-8H,1-2H3,(H,16,18)/t8-/m1/s1. The van der Waals surface area contributed by atoms with Gasteiger partial charge in [0.2, 0.25) is 5.82 Å². The summed E-state index contributed by atoms with van der Waals surface area (Å²) in [5.74, 6) is 0.0198. The Kier molecular flexibility index (Phi) is 3.62. The van der Waals surface area contributed by atoms with Crippen molar-refractivity contribution in [2.45, 2.75) is 13.0 Å². The van der Waals surface area contributed by atoms with Crippen molar-refractivity contribution in [3.05, 3.63) is 47.0 Å².